The standard InChI is InChI=1S/C29H32N8O2/c1-3-39-28(38)19-22-18-27(36-29(33-22)24-6-4-5-20(2)32-24)35-25-11-12-31-26(34-25)17-21-7-9-23(10-8-21)37-15-13-30-14-16-37/h4-12,18,30H,3,13-17,19H2,1-2H3,(H,31,33,34,35,36). The van der Waals surface area contributed by atoms with Gasteiger partial charge in [-0.25, -0.2) is 24.9 Å². The second-order valence-corrected chi connectivity index (χ2v) is 9.28. The molecule has 0 bridgehead atoms. The maximum Gasteiger partial charge on any atom is 0.311 e. The van der Waals surface area contributed by atoms with E-state index in [1.54, 1.807) is 25.3 Å². The summed E-state index contributed by atoms with van der Waals surface area (Å²) in [5, 5.41) is 6.64. The highest BCUT2D eigenvalue weighted by atomic mass is 16.5. The van der Waals surface area contributed by atoms with Crippen molar-refractivity contribution in [1.82, 2.24) is 30.2 Å². The zero-order chi connectivity index (χ0) is 27.0. The van der Waals surface area contributed by atoms with Crippen LogP contribution in [-0.2, 0) is 22.4 Å². The minimum absolute atomic E-state index is 0.0306. The zero-order valence-electron chi connectivity index (χ0n) is 22.2. The summed E-state index contributed by atoms with van der Waals surface area (Å²) in [5.74, 6) is 1.87. The minimum Gasteiger partial charge on any atom is -0.466 e. The lowest BCUT2D eigenvalue weighted by Crippen LogP contribution is -2.43. The number of nitrogens with one attached hydrogen (secondary N) is 2. The Hall–Kier alpha value is -4.44. The van der Waals surface area contributed by atoms with E-state index in [1.165, 1.54) is 5.69 Å². The molecule has 5 rings (SSSR count). The molecule has 4 heterocycles. The van der Waals surface area contributed by atoms with Gasteiger partial charge in [-0.15, -0.1) is 0 Å². The molecule has 0 spiro atoms. The first-order valence-corrected chi connectivity index (χ1v) is 13.2. The van der Waals surface area contributed by atoms with Crippen LogP contribution in [0.4, 0.5) is 17.3 Å². The molecule has 10 heteroatoms. The average Bonchev–Trinajstić information content (AvgIpc) is 2.94. The normalized spacial score (nSPS) is 13.2. The molecule has 1 aliphatic heterocycles. The van der Waals surface area contributed by atoms with Crippen LogP contribution >= 0.6 is 0 Å². The monoisotopic (exact) mass is 524 g/mol. The molecule has 39 heavy (non-hydrogen) atoms. The number of pyridine rings is 1. The van der Waals surface area contributed by atoms with E-state index in [0.717, 1.165) is 37.4 Å². The molecule has 1 aromatic carbocycles. The second-order valence-electron chi connectivity index (χ2n) is 9.28. The predicted molar refractivity (Wildman–Crippen MR) is 150 cm³/mol. The number of rotatable bonds is 9. The van der Waals surface area contributed by atoms with Gasteiger partial charge in [0, 0.05) is 56.2 Å². The molecule has 0 aliphatic carbocycles. The van der Waals surface area contributed by atoms with Crippen molar-refractivity contribution in [2.24, 2.45) is 0 Å². The molecule has 1 fully saturated rings. The van der Waals surface area contributed by atoms with Crippen molar-refractivity contribution in [3.63, 3.8) is 0 Å². The van der Waals surface area contributed by atoms with E-state index < -0.39 is 0 Å². The van der Waals surface area contributed by atoms with Crippen molar-refractivity contribution in [2.45, 2.75) is 26.7 Å². The molecule has 1 aliphatic rings. The Labute approximate surface area is 227 Å². The van der Waals surface area contributed by atoms with Gasteiger partial charge in [-0.2, -0.15) is 0 Å². The minimum atomic E-state index is -0.349. The molecule has 0 atom stereocenters. The first kappa shape index (κ1) is 26.2. The SMILES string of the molecule is CCOC(=O)Cc1cc(Nc2ccnc(Cc3ccc(N4CCNCC4)cc3)n2)nc(-c2cccc(C)n2)n1. The molecule has 10 nitrogen and oxygen atoms in total. The number of carbonyl (C=O) groups excluding carboxylic acids is 1. The van der Waals surface area contributed by atoms with Crippen LogP contribution in [0.5, 0.6) is 0 Å². The zero-order valence-corrected chi connectivity index (χ0v) is 22.2. The first-order chi connectivity index (χ1) is 19.1. The van der Waals surface area contributed by atoms with Gasteiger partial charge < -0.3 is 20.3 Å². The van der Waals surface area contributed by atoms with E-state index in [2.05, 4.69) is 59.7 Å². The van der Waals surface area contributed by atoms with Crippen molar-refractivity contribution in [1.29, 1.82) is 0 Å². The van der Waals surface area contributed by atoms with Gasteiger partial charge in [0.25, 0.3) is 0 Å². The van der Waals surface area contributed by atoms with Crippen molar-refractivity contribution in [3.05, 3.63) is 83.6 Å². The number of nitrogens with zero attached hydrogens (tertiary/aromatic N) is 6. The molecule has 0 amide bonds. The Morgan fingerprint density at radius 1 is 1.00 bits per heavy atom. The molecular formula is C29H32N8O2. The van der Waals surface area contributed by atoms with Crippen molar-refractivity contribution in [3.8, 4) is 11.5 Å². The summed E-state index contributed by atoms with van der Waals surface area (Å²) in [5.41, 5.74) is 4.37. The molecule has 3 aromatic heterocycles. The number of piperazine rings is 1. The van der Waals surface area contributed by atoms with Crippen LogP contribution < -0.4 is 15.5 Å². The van der Waals surface area contributed by atoms with Gasteiger partial charge in [0.05, 0.1) is 18.7 Å². The van der Waals surface area contributed by atoms with E-state index in [0.29, 0.717) is 47.7 Å². The highest BCUT2D eigenvalue weighted by Gasteiger charge is 2.14. The molecule has 0 radical (unpaired) electrons. The summed E-state index contributed by atoms with van der Waals surface area (Å²) in [7, 11) is 0. The van der Waals surface area contributed by atoms with Crippen LogP contribution in [0.1, 0.15) is 29.7 Å². The Morgan fingerprint density at radius 2 is 1.82 bits per heavy atom. The third-order valence-corrected chi connectivity index (χ3v) is 6.27. The quantitative estimate of drug-likeness (QED) is 0.315. The summed E-state index contributed by atoms with van der Waals surface area (Å²) < 4.78 is 5.12. The van der Waals surface area contributed by atoms with Gasteiger partial charge >= 0.3 is 5.97 Å². The largest absolute Gasteiger partial charge is 0.466 e. The second kappa shape index (κ2) is 12.4. The Bertz CT molecular complexity index is 1420. The molecule has 2 N–H and O–H groups in total. The molecule has 4 aromatic rings. The predicted octanol–water partition coefficient (Wildman–Crippen LogP) is 3.49. The third kappa shape index (κ3) is 7.11. The number of aromatic nitrogens is 5. The van der Waals surface area contributed by atoms with Crippen LogP contribution in [0.2, 0.25) is 0 Å². The number of ether oxygens (including phenoxy) is 1. The smallest absolute Gasteiger partial charge is 0.311 e. The van der Waals surface area contributed by atoms with Gasteiger partial charge in [0.2, 0.25) is 0 Å². The van der Waals surface area contributed by atoms with Crippen molar-refractivity contribution in [2.75, 3.05) is 43.0 Å². The van der Waals surface area contributed by atoms with Crippen LogP contribution in [-0.4, -0.2) is 63.7 Å². The van der Waals surface area contributed by atoms with Gasteiger partial charge in [0.1, 0.15) is 23.2 Å². The summed E-state index contributed by atoms with van der Waals surface area (Å²) in [6.07, 6.45) is 2.36. The molecule has 200 valence electrons. The van der Waals surface area contributed by atoms with Crippen molar-refractivity contribution >= 4 is 23.3 Å². The number of benzene rings is 1. The van der Waals surface area contributed by atoms with E-state index >= 15 is 0 Å². The molecule has 0 unspecified atom stereocenters. The Balaban J connectivity index is 1.34. The number of carbonyl (C=O) groups is 1. The lowest BCUT2D eigenvalue weighted by atomic mass is 10.1. The summed E-state index contributed by atoms with van der Waals surface area (Å²) >= 11 is 0. The van der Waals surface area contributed by atoms with Gasteiger partial charge in [0.15, 0.2) is 5.82 Å². The maximum atomic E-state index is 12.2. The van der Waals surface area contributed by atoms with Crippen LogP contribution in [0, 0.1) is 6.92 Å². The van der Waals surface area contributed by atoms with E-state index in [9.17, 15) is 4.79 Å². The maximum absolute atomic E-state index is 12.2. The van der Waals surface area contributed by atoms with E-state index in [-0.39, 0.29) is 12.4 Å². The van der Waals surface area contributed by atoms with Crippen molar-refractivity contribution < 1.29 is 9.53 Å². The van der Waals surface area contributed by atoms with E-state index in [1.807, 2.05) is 25.1 Å². The Morgan fingerprint density at radius 3 is 2.59 bits per heavy atom. The summed E-state index contributed by atoms with van der Waals surface area (Å²) in [6.45, 7) is 8.05. The number of hydrogen-bond donors (Lipinski definition) is 2. The number of hydrogen-bond acceptors (Lipinski definition) is 10. The molecule has 1 saturated heterocycles. The fourth-order valence-electron chi connectivity index (χ4n) is 4.41. The van der Waals surface area contributed by atoms with Gasteiger partial charge in [-0.05, 0) is 49.7 Å². The number of esters is 1. The lowest BCUT2D eigenvalue weighted by molar-refractivity contribution is -0.142. The number of aryl methyl sites for hydroxylation is 1. The Kier molecular flexibility index (Phi) is 8.33. The van der Waals surface area contributed by atoms with Gasteiger partial charge in [-0.1, -0.05) is 18.2 Å². The first-order valence-electron chi connectivity index (χ1n) is 13.2. The summed E-state index contributed by atoms with van der Waals surface area (Å²) in [6, 6.07) is 17.8. The average molecular weight is 525 g/mol. The van der Waals surface area contributed by atoms with Crippen LogP contribution in [0.15, 0.2) is 60.8 Å². The van der Waals surface area contributed by atoms with Gasteiger partial charge in [-0.3, -0.25) is 4.79 Å². The van der Waals surface area contributed by atoms with Crippen LogP contribution in [0.25, 0.3) is 11.5 Å². The molecular weight excluding hydrogens is 492 g/mol. The third-order valence-electron chi connectivity index (χ3n) is 6.27. The van der Waals surface area contributed by atoms with Crippen LogP contribution in [0.3, 0.4) is 0 Å². The lowest BCUT2D eigenvalue weighted by Gasteiger charge is -2.29. The molecule has 0 saturated carbocycles. The number of anilines is 3. The topological polar surface area (TPSA) is 118 Å². The fraction of sp³-hybridized carbons (Fsp3) is 0.310. The fourth-order valence-corrected chi connectivity index (χ4v) is 4.41. The van der Waals surface area contributed by atoms with E-state index in [4.69, 9.17) is 9.72 Å². The highest BCUT2D eigenvalue weighted by molar-refractivity contribution is 5.73. The highest BCUT2D eigenvalue weighted by Crippen LogP contribution is 2.21. The summed E-state index contributed by atoms with van der Waals surface area (Å²) in [4.78, 5) is 37.5.